The molecule has 2 aromatic heterocycles. The van der Waals surface area contributed by atoms with Crippen molar-refractivity contribution in [3.63, 3.8) is 0 Å². The average molecular weight is 704 g/mol. The predicted molar refractivity (Wildman–Crippen MR) is 229 cm³/mol. The Bertz CT molecular complexity index is 3190. The molecule has 9 aromatic carbocycles. The molecule has 0 spiro atoms. The summed E-state index contributed by atoms with van der Waals surface area (Å²) in [6.45, 7) is 0. The molecule has 3 heteroatoms. The minimum atomic E-state index is 0.884. The smallest absolute Gasteiger partial charge is 0.136 e. The van der Waals surface area contributed by atoms with Gasteiger partial charge < -0.3 is 13.7 Å². The Hall–Kier alpha value is -7.36. The van der Waals surface area contributed by atoms with Crippen molar-refractivity contribution in [1.82, 2.24) is 0 Å². The molecule has 0 aliphatic carbocycles. The maximum atomic E-state index is 6.53. The quantitative estimate of drug-likeness (QED) is 0.173. The fourth-order valence-electron chi connectivity index (χ4n) is 8.28. The number of para-hydroxylation sites is 3. The fourth-order valence-corrected chi connectivity index (χ4v) is 8.28. The number of hydrogen-bond donors (Lipinski definition) is 0. The second-order valence-corrected chi connectivity index (χ2v) is 14.1. The molecule has 0 atom stereocenters. The summed E-state index contributed by atoms with van der Waals surface area (Å²) in [4.78, 5) is 2.38. The van der Waals surface area contributed by atoms with E-state index in [1.54, 1.807) is 0 Å². The summed E-state index contributed by atoms with van der Waals surface area (Å²) in [5.41, 5.74) is 13.7. The van der Waals surface area contributed by atoms with Gasteiger partial charge in [-0.15, -0.1) is 0 Å². The summed E-state index contributed by atoms with van der Waals surface area (Å²) in [5, 5.41) is 6.83. The predicted octanol–water partition coefficient (Wildman–Crippen LogP) is 15.1. The van der Waals surface area contributed by atoms with Crippen LogP contribution in [0.25, 0.3) is 88.0 Å². The van der Waals surface area contributed by atoms with Crippen LogP contribution < -0.4 is 4.90 Å². The molecule has 55 heavy (non-hydrogen) atoms. The largest absolute Gasteiger partial charge is 0.456 e. The molecule has 0 aliphatic heterocycles. The molecule has 0 radical (unpaired) electrons. The van der Waals surface area contributed by atoms with E-state index in [0.717, 1.165) is 88.6 Å². The van der Waals surface area contributed by atoms with Crippen LogP contribution in [0.4, 0.5) is 17.1 Å². The van der Waals surface area contributed by atoms with Gasteiger partial charge in [-0.05, 0) is 93.7 Å². The van der Waals surface area contributed by atoms with Crippen molar-refractivity contribution in [3.8, 4) is 33.4 Å². The maximum Gasteiger partial charge on any atom is 0.136 e. The number of benzene rings is 9. The third-order valence-electron chi connectivity index (χ3n) is 10.9. The SMILES string of the molecule is c1ccc(-c2ccc(N(c3ccc(-c4ccc5c(c4)oc4ccccc45)cc3)c3ccccc3-c3c4ccccc4cc4oc5ccccc5c34)cc2)cc1. The Morgan fingerprint density at radius 2 is 0.855 bits per heavy atom. The molecular weight excluding hydrogens is 671 g/mol. The van der Waals surface area contributed by atoms with E-state index in [0.29, 0.717) is 0 Å². The Morgan fingerprint density at radius 1 is 0.327 bits per heavy atom. The van der Waals surface area contributed by atoms with Crippen molar-refractivity contribution < 1.29 is 8.83 Å². The summed E-state index contributed by atoms with van der Waals surface area (Å²) < 4.78 is 12.8. The zero-order chi connectivity index (χ0) is 36.3. The van der Waals surface area contributed by atoms with Crippen LogP contribution in [0.15, 0.2) is 209 Å². The van der Waals surface area contributed by atoms with E-state index in [2.05, 4.69) is 187 Å². The lowest BCUT2D eigenvalue weighted by Crippen LogP contribution is -2.11. The molecule has 0 amide bonds. The highest BCUT2D eigenvalue weighted by Crippen LogP contribution is 2.48. The van der Waals surface area contributed by atoms with Crippen LogP contribution in [0.2, 0.25) is 0 Å². The second-order valence-electron chi connectivity index (χ2n) is 14.1. The molecule has 0 fully saturated rings. The molecular formula is C52H33NO2. The molecule has 0 aliphatic rings. The molecule has 11 aromatic rings. The van der Waals surface area contributed by atoms with E-state index >= 15 is 0 Å². The number of rotatable bonds is 6. The first-order chi connectivity index (χ1) is 27.3. The number of fused-ring (bicyclic) bond motifs is 7. The van der Waals surface area contributed by atoms with Gasteiger partial charge in [-0.25, -0.2) is 0 Å². The molecule has 11 rings (SSSR count). The van der Waals surface area contributed by atoms with Gasteiger partial charge in [-0.1, -0.05) is 140 Å². The molecule has 0 saturated heterocycles. The molecule has 258 valence electrons. The Labute approximate surface area is 317 Å². The molecule has 3 nitrogen and oxygen atoms in total. The van der Waals surface area contributed by atoms with Crippen LogP contribution in [-0.4, -0.2) is 0 Å². The van der Waals surface area contributed by atoms with Crippen LogP contribution in [0, 0.1) is 0 Å². The summed E-state index contributed by atoms with van der Waals surface area (Å²) in [7, 11) is 0. The highest BCUT2D eigenvalue weighted by Gasteiger charge is 2.23. The van der Waals surface area contributed by atoms with E-state index in [1.165, 1.54) is 16.5 Å². The highest BCUT2D eigenvalue weighted by molar-refractivity contribution is 6.22. The monoisotopic (exact) mass is 703 g/mol. The maximum absolute atomic E-state index is 6.53. The van der Waals surface area contributed by atoms with E-state index in [4.69, 9.17) is 8.83 Å². The summed E-state index contributed by atoms with van der Waals surface area (Å²) in [5.74, 6) is 0. The lowest BCUT2D eigenvalue weighted by molar-refractivity contribution is 0.669. The van der Waals surface area contributed by atoms with Crippen LogP contribution in [0.3, 0.4) is 0 Å². The highest BCUT2D eigenvalue weighted by atomic mass is 16.3. The first-order valence-electron chi connectivity index (χ1n) is 18.7. The van der Waals surface area contributed by atoms with E-state index in [-0.39, 0.29) is 0 Å². The zero-order valence-electron chi connectivity index (χ0n) is 29.8. The summed E-state index contributed by atoms with van der Waals surface area (Å²) in [6.07, 6.45) is 0. The summed E-state index contributed by atoms with van der Waals surface area (Å²) in [6, 6.07) is 71.0. The molecule has 2 heterocycles. The van der Waals surface area contributed by atoms with Crippen LogP contribution in [0.1, 0.15) is 0 Å². The van der Waals surface area contributed by atoms with E-state index < -0.39 is 0 Å². The van der Waals surface area contributed by atoms with Crippen LogP contribution in [-0.2, 0) is 0 Å². The van der Waals surface area contributed by atoms with Gasteiger partial charge in [-0.2, -0.15) is 0 Å². The number of furan rings is 2. The Balaban J connectivity index is 1.10. The standard InChI is InChI=1S/C52H33NO2/c1-2-12-34(13-3-1)35-22-27-39(28-23-35)53(40-29-24-36(25-30-40)37-26-31-43-42-16-7-10-20-47(42)54-49(43)32-37)46-19-9-6-17-44(46)51-41-15-5-4-14-38(41)33-50-52(51)45-18-8-11-21-48(45)55-50/h1-33H. The number of hydrogen-bond acceptors (Lipinski definition) is 3. The lowest BCUT2D eigenvalue weighted by Gasteiger charge is -2.28. The Kier molecular flexibility index (Phi) is 7.17. The van der Waals surface area contributed by atoms with Crippen LogP contribution in [0.5, 0.6) is 0 Å². The van der Waals surface area contributed by atoms with E-state index in [1.807, 2.05) is 18.2 Å². The third-order valence-corrected chi connectivity index (χ3v) is 10.9. The van der Waals surface area contributed by atoms with Gasteiger partial charge >= 0.3 is 0 Å². The minimum Gasteiger partial charge on any atom is -0.456 e. The number of anilines is 3. The van der Waals surface area contributed by atoms with Gasteiger partial charge in [0, 0.05) is 44.0 Å². The normalized spacial score (nSPS) is 11.6. The first kappa shape index (κ1) is 31.2. The van der Waals surface area contributed by atoms with Gasteiger partial charge in [0.2, 0.25) is 0 Å². The molecule has 0 unspecified atom stereocenters. The van der Waals surface area contributed by atoms with Crippen molar-refractivity contribution >= 4 is 71.7 Å². The van der Waals surface area contributed by atoms with Crippen molar-refractivity contribution in [2.75, 3.05) is 4.90 Å². The second kappa shape index (κ2) is 12.6. The van der Waals surface area contributed by atoms with Crippen molar-refractivity contribution in [2.24, 2.45) is 0 Å². The van der Waals surface area contributed by atoms with Gasteiger partial charge in [0.15, 0.2) is 0 Å². The van der Waals surface area contributed by atoms with Gasteiger partial charge in [0.25, 0.3) is 0 Å². The number of nitrogens with zero attached hydrogens (tertiary/aromatic N) is 1. The lowest BCUT2D eigenvalue weighted by atomic mass is 9.91. The van der Waals surface area contributed by atoms with Crippen molar-refractivity contribution in [2.45, 2.75) is 0 Å². The topological polar surface area (TPSA) is 29.5 Å². The van der Waals surface area contributed by atoms with Gasteiger partial charge in [-0.3, -0.25) is 0 Å². The molecule has 0 saturated carbocycles. The molecule has 0 bridgehead atoms. The first-order valence-corrected chi connectivity index (χ1v) is 18.7. The Morgan fingerprint density at radius 3 is 1.62 bits per heavy atom. The van der Waals surface area contributed by atoms with Crippen molar-refractivity contribution in [3.05, 3.63) is 200 Å². The molecule has 0 N–H and O–H groups in total. The van der Waals surface area contributed by atoms with Crippen molar-refractivity contribution in [1.29, 1.82) is 0 Å². The van der Waals surface area contributed by atoms with Gasteiger partial charge in [0.1, 0.15) is 22.3 Å². The minimum absolute atomic E-state index is 0.884. The summed E-state index contributed by atoms with van der Waals surface area (Å²) >= 11 is 0. The zero-order valence-corrected chi connectivity index (χ0v) is 29.8. The van der Waals surface area contributed by atoms with Gasteiger partial charge in [0.05, 0.1) is 5.69 Å². The van der Waals surface area contributed by atoms with Crippen LogP contribution >= 0.6 is 0 Å². The fraction of sp³-hybridized carbons (Fsp3) is 0. The van der Waals surface area contributed by atoms with E-state index in [9.17, 15) is 0 Å². The average Bonchev–Trinajstić information content (AvgIpc) is 3.82. The third kappa shape index (κ3) is 5.20.